The standard InChI is InChI=1S/C18H21NO3S/c1-13-9-11-16(12-10-13)23(21)19-17(14(2)18(20)22-3)15-7-5-4-6-8-15/h4-12,14,17,19H,1-3H3/t14-,17+,23?/m0/s1. The van der Waals surface area contributed by atoms with Crippen LogP contribution in [0.5, 0.6) is 0 Å². The summed E-state index contributed by atoms with van der Waals surface area (Å²) in [6, 6.07) is 16.6. The topological polar surface area (TPSA) is 55.4 Å². The summed E-state index contributed by atoms with van der Waals surface area (Å²) in [5.74, 6) is -0.802. The van der Waals surface area contributed by atoms with E-state index < -0.39 is 22.9 Å². The Hall–Kier alpha value is -1.98. The summed E-state index contributed by atoms with van der Waals surface area (Å²) in [5, 5.41) is 0. The van der Waals surface area contributed by atoms with Crippen LogP contribution < -0.4 is 4.72 Å². The highest BCUT2D eigenvalue weighted by molar-refractivity contribution is 7.83. The Bertz CT molecular complexity index is 670. The molecule has 2 rings (SSSR count). The Balaban J connectivity index is 2.25. The van der Waals surface area contributed by atoms with Crippen LogP contribution in [0.4, 0.5) is 0 Å². The Labute approximate surface area is 139 Å². The van der Waals surface area contributed by atoms with Crippen molar-refractivity contribution < 1.29 is 13.7 Å². The average Bonchev–Trinajstić information content (AvgIpc) is 2.59. The number of benzene rings is 2. The Morgan fingerprint density at radius 2 is 1.70 bits per heavy atom. The number of ether oxygens (including phenoxy) is 1. The molecule has 0 radical (unpaired) electrons. The molecule has 122 valence electrons. The average molecular weight is 331 g/mol. The third-order valence-corrected chi connectivity index (χ3v) is 4.87. The minimum Gasteiger partial charge on any atom is -0.469 e. The van der Waals surface area contributed by atoms with Crippen molar-refractivity contribution in [2.75, 3.05) is 7.11 Å². The summed E-state index contributed by atoms with van der Waals surface area (Å²) >= 11 is 0. The van der Waals surface area contributed by atoms with Gasteiger partial charge in [0.05, 0.1) is 24.0 Å². The zero-order valence-corrected chi connectivity index (χ0v) is 14.3. The maximum absolute atomic E-state index is 12.6. The fraction of sp³-hybridized carbons (Fsp3) is 0.278. The van der Waals surface area contributed by atoms with E-state index in [1.165, 1.54) is 7.11 Å². The van der Waals surface area contributed by atoms with Gasteiger partial charge in [0.25, 0.3) is 0 Å². The number of aryl methyl sites for hydroxylation is 1. The van der Waals surface area contributed by atoms with Crippen molar-refractivity contribution in [3.05, 3.63) is 65.7 Å². The molecule has 0 aliphatic rings. The normalized spacial score (nSPS) is 14.7. The number of carbonyl (C=O) groups is 1. The largest absolute Gasteiger partial charge is 0.469 e. The minimum absolute atomic E-state index is 0.341. The fourth-order valence-electron chi connectivity index (χ4n) is 2.29. The molecule has 0 saturated heterocycles. The lowest BCUT2D eigenvalue weighted by Gasteiger charge is -2.23. The van der Waals surface area contributed by atoms with Gasteiger partial charge in [-0.15, -0.1) is 0 Å². The first kappa shape index (κ1) is 17.4. The van der Waals surface area contributed by atoms with E-state index in [2.05, 4.69) is 4.72 Å². The van der Waals surface area contributed by atoms with E-state index in [0.29, 0.717) is 4.90 Å². The van der Waals surface area contributed by atoms with Crippen molar-refractivity contribution >= 4 is 17.0 Å². The second kappa shape index (κ2) is 8.04. The highest BCUT2D eigenvalue weighted by Gasteiger charge is 2.27. The molecule has 1 N–H and O–H groups in total. The van der Waals surface area contributed by atoms with Crippen molar-refractivity contribution in [1.29, 1.82) is 0 Å². The first-order chi connectivity index (χ1) is 11.0. The van der Waals surface area contributed by atoms with Crippen LogP contribution in [0.15, 0.2) is 59.5 Å². The van der Waals surface area contributed by atoms with E-state index in [-0.39, 0.29) is 5.97 Å². The first-order valence-electron chi connectivity index (χ1n) is 7.40. The van der Waals surface area contributed by atoms with E-state index >= 15 is 0 Å². The molecule has 0 amide bonds. The number of nitrogens with one attached hydrogen (secondary N) is 1. The highest BCUT2D eigenvalue weighted by Crippen LogP contribution is 2.24. The van der Waals surface area contributed by atoms with E-state index in [9.17, 15) is 9.00 Å². The second-order valence-corrected chi connectivity index (χ2v) is 6.64. The van der Waals surface area contributed by atoms with Crippen LogP contribution in [0.25, 0.3) is 0 Å². The van der Waals surface area contributed by atoms with Crippen molar-refractivity contribution in [2.24, 2.45) is 5.92 Å². The van der Waals surface area contributed by atoms with Gasteiger partial charge in [-0.3, -0.25) is 4.79 Å². The number of rotatable bonds is 6. The minimum atomic E-state index is -1.42. The highest BCUT2D eigenvalue weighted by atomic mass is 32.2. The van der Waals surface area contributed by atoms with Gasteiger partial charge in [0.1, 0.15) is 11.0 Å². The molecule has 23 heavy (non-hydrogen) atoms. The van der Waals surface area contributed by atoms with Gasteiger partial charge in [-0.2, -0.15) is 0 Å². The first-order valence-corrected chi connectivity index (χ1v) is 8.55. The van der Waals surface area contributed by atoms with Crippen molar-refractivity contribution in [3.8, 4) is 0 Å². The molecule has 4 nitrogen and oxygen atoms in total. The summed E-state index contributed by atoms with van der Waals surface area (Å²) < 4.78 is 20.5. The molecule has 0 saturated carbocycles. The summed E-state index contributed by atoms with van der Waals surface area (Å²) in [7, 11) is -0.0602. The van der Waals surface area contributed by atoms with Gasteiger partial charge in [0, 0.05) is 0 Å². The zero-order valence-electron chi connectivity index (χ0n) is 13.5. The van der Waals surface area contributed by atoms with Crippen molar-refractivity contribution in [1.82, 2.24) is 4.72 Å². The van der Waals surface area contributed by atoms with Crippen LogP contribution in [0.1, 0.15) is 24.1 Å². The van der Waals surface area contributed by atoms with E-state index in [1.54, 1.807) is 6.92 Å². The predicted octanol–water partition coefficient (Wildman–Crippen LogP) is 3.16. The van der Waals surface area contributed by atoms with Gasteiger partial charge >= 0.3 is 5.97 Å². The van der Waals surface area contributed by atoms with Gasteiger partial charge in [0.2, 0.25) is 0 Å². The molecule has 1 unspecified atom stereocenters. The number of hydrogen-bond donors (Lipinski definition) is 1. The Kier molecular flexibility index (Phi) is 6.07. The van der Waals surface area contributed by atoms with Crippen LogP contribution in [-0.4, -0.2) is 17.3 Å². The molecule has 2 aromatic carbocycles. The van der Waals surface area contributed by atoms with Gasteiger partial charge in [0.15, 0.2) is 0 Å². The molecular weight excluding hydrogens is 310 g/mol. The third-order valence-electron chi connectivity index (χ3n) is 3.70. The summed E-state index contributed by atoms with van der Waals surface area (Å²) in [6.07, 6.45) is 0. The molecule has 0 spiro atoms. The van der Waals surface area contributed by atoms with Crippen LogP contribution in [0.2, 0.25) is 0 Å². The molecular formula is C18H21NO3S. The third kappa shape index (κ3) is 4.50. The van der Waals surface area contributed by atoms with E-state index in [4.69, 9.17) is 4.74 Å². The van der Waals surface area contributed by atoms with Crippen LogP contribution in [0, 0.1) is 12.8 Å². The van der Waals surface area contributed by atoms with Gasteiger partial charge in [-0.05, 0) is 24.6 Å². The lowest BCUT2D eigenvalue weighted by molar-refractivity contribution is -0.145. The molecule has 0 bridgehead atoms. The number of carbonyl (C=O) groups excluding carboxylic acids is 1. The molecule has 3 atom stereocenters. The Morgan fingerprint density at radius 1 is 1.09 bits per heavy atom. The van der Waals surface area contributed by atoms with E-state index in [1.807, 2.05) is 61.5 Å². The fourth-order valence-corrected chi connectivity index (χ4v) is 3.38. The molecule has 2 aromatic rings. The summed E-state index contributed by atoms with van der Waals surface area (Å²) in [5.41, 5.74) is 2.00. The lowest BCUT2D eigenvalue weighted by atomic mass is 9.95. The molecule has 0 heterocycles. The molecule has 0 aromatic heterocycles. The van der Waals surface area contributed by atoms with Crippen molar-refractivity contribution in [2.45, 2.75) is 24.8 Å². The van der Waals surface area contributed by atoms with Crippen molar-refractivity contribution in [3.63, 3.8) is 0 Å². The van der Waals surface area contributed by atoms with Gasteiger partial charge in [-0.1, -0.05) is 55.0 Å². The maximum atomic E-state index is 12.6. The zero-order chi connectivity index (χ0) is 16.8. The molecule has 0 aliphatic carbocycles. The second-order valence-electron chi connectivity index (χ2n) is 5.40. The van der Waals surface area contributed by atoms with Gasteiger partial charge in [-0.25, -0.2) is 8.93 Å². The maximum Gasteiger partial charge on any atom is 0.310 e. The van der Waals surface area contributed by atoms with E-state index in [0.717, 1.165) is 11.1 Å². The monoisotopic (exact) mass is 331 g/mol. The van der Waals surface area contributed by atoms with Crippen LogP contribution in [-0.2, 0) is 20.5 Å². The summed E-state index contributed by atoms with van der Waals surface area (Å²) in [6.45, 7) is 3.75. The number of hydrogen-bond acceptors (Lipinski definition) is 3. The van der Waals surface area contributed by atoms with Crippen LogP contribution in [0.3, 0.4) is 0 Å². The molecule has 5 heteroatoms. The Morgan fingerprint density at radius 3 is 2.26 bits per heavy atom. The smallest absolute Gasteiger partial charge is 0.310 e. The lowest BCUT2D eigenvalue weighted by Crippen LogP contribution is -2.33. The predicted molar refractivity (Wildman–Crippen MR) is 91.1 cm³/mol. The number of esters is 1. The quantitative estimate of drug-likeness (QED) is 0.827. The van der Waals surface area contributed by atoms with Crippen LogP contribution >= 0.6 is 0 Å². The molecule has 0 aliphatic heterocycles. The number of methoxy groups -OCH3 is 1. The molecule has 0 fully saturated rings. The SMILES string of the molecule is COC(=O)[C@@H](C)[C@@H](NS(=O)c1ccc(C)cc1)c1ccccc1. The summed E-state index contributed by atoms with van der Waals surface area (Å²) in [4.78, 5) is 12.6. The van der Waals surface area contributed by atoms with Gasteiger partial charge < -0.3 is 4.74 Å².